The van der Waals surface area contributed by atoms with Crippen molar-refractivity contribution in [2.24, 2.45) is 0 Å². The van der Waals surface area contributed by atoms with Crippen LogP contribution in [0.15, 0.2) is 54.9 Å². The van der Waals surface area contributed by atoms with E-state index in [0.717, 1.165) is 5.56 Å². The topological polar surface area (TPSA) is 90.6 Å². The molecule has 1 amide bonds. The van der Waals surface area contributed by atoms with Crippen molar-refractivity contribution in [3.63, 3.8) is 0 Å². The largest absolute Gasteiger partial charge is 0.454 e. The number of carbonyl (C=O) groups excluding carboxylic acids is 1. The second-order valence-corrected chi connectivity index (χ2v) is 6.82. The number of aromatic nitrogens is 4. The Balaban J connectivity index is 1.36. The number of fused-ring (bicyclic) bond motifs is 2. The zero-order chi connectivity index (χ0) is 20.7. The fraction of sp³-hybridized carbons (Fsp3) is 0.143. The summed E-state index contributed by atoms with van der Waals surface area (Å²) >= 11 is 0. The lowest BCUT2D eigenvalue weighted by Crippen LogP contribution is -2.27. The first-order chi connectivity index (χ1) is 14.6. The van der Waals surface area contributed by atoms with E-state index in [-0.39, 0.29) is 18.5 Å². The lowest BCUT2D eigenvalue weighted by atomic mass is 10.1. The first-order valence-electron chi connectivity index (χ1n) is 9.25. The highest BCUT2D eigenvalue weighted by atomic mass is 19.1. The van der Waals surface area contributed by atoms with Gasteiger partial charge in [-0.15, -0.1) is 5.10 Å². The highest BCUT2D eigenvalue weighted by Gasteiger charge is 2.19. The maximum absolute atomic E-state index is 13.1. The lowest BCUT2D eigenvalue weighted by molar-refractivity contribution is 0.0938. The molecule has 0 radical (unpaired) electrons. The van der Waals surface area contributed by atoms with Crippen molar-refractivity contribution in [3.8, 4) is 22.8 Å². The van der Waals surface area contributed by atoms with Gasteiger partial charge < -0.3 is 14.8 Å². The molecule has 0 saturated carbocycles. The molecule has 2 aromatic carbocycles. The van der Waals surface area contributed by atoms with E-state index in [9.17, 15) is 9.18 Å². The van der Waals surface area contributed by atoms with Gasteiger partial charge in [0.25, 0.3) is 5.91 Å². The van der Waals surface area contributed by atoms with Crippen LogP contribution in [-0.2, 0) is 0 Å². The predicted octanol–water partition coefficient (Wildman–Crippen LogP) is 3.15. The van der Waals surface area contributed by atoms with Crippen LogP contribution in [0.2, 0.25) is 0 Å². The van der Waals surface area contributed by atoms with Gasteiger partial charge in [-0.05, 0) is 49.4 Å². The van der Waals surface area contributed by atoms with Crippen LogP contribution in [-0.4, -0.2) is 32.3 Å². The first-order valence-corrected chi connectivity index (χ1v) is 9.25. The van der Waals surface area contributed by atoms with Crippen LogP contribution in [0.3, 0.4) is 0 Å². The summed E-state index contributed by atoms with van der Waals surface area (Å²) in [5, 5.41) is 7.27. The Bertz CT molecular complexity index is 1260. The van der Waals surface area contributed by atoms with Crippen molar-refractivity contribution in [3.05, 3.63) is 72.1 Å². The molecule has 2 aromatic heterocycles. The molecule has 0 fully saturated rings. The Morgan fingerprint density at radius 1 is 1.13 bits per heavy atom. The molecule has 1 aliphatic rings. The molecule has 8 nitrogen and oxygen atoms in total. The zero-order valence-electron chi connectivity index (χ0n) is 15.9. The van der Waals surface area contributed by atoms with Crippen molar-refractivity contribution in [2.75, 3.05) is 6.79 Å². The molecule has 3 heterocycles. The Morgan fingerprint density at radius 2 is 1.93 bits per heavy atom. The molecule has 0 spiro atoms. The predicted molar refractivity (Wildman–Crippen MR) is 105 cm³/mol. The molecule has 5 rings (SSSR count). The number of nitrogens with one attached hydrogen (secondary N) is 1. The van der Waals surface area contributed by atoms with Gasteiger partial charge in [0, 0.05) is 17.2 Å². The third kappa shape index (κ3) is 3.30. The number of hydrogen-bond acceptors (Lipinski definition) is 6. The molecule has 0 saturated heterocycles. The number of rotatable bonds is 4. The van der Waals surface area contributed by atoms with Crippen LogP contribution in [0.5, 0.6) is 11.5 Å². The summed E-state index contributed by atoms with van der Waals surface area (Å²) in [6, 6.07) is 12.4. The lowest BCUT2D eigenvalue weighted by Gasteiger charge is -2.10. The van der Waals surface area contributed by atoms with E-state index in [1.165, 1.54) is 23.0 Å². The summed E-state index contributed by atoms with van der Waals surface area (Å²) in [6.45, 7) is 1.95. The van der Waals surface area contributed by atoms with Gasteiger partial charge in [-0.2, -0.15) is 0 Å². The van der Waals surface area contributed by atoms with Crippen molar-refractivity contribution in [2.45, 2.75) is 13.0 Å². The van der Waals surface area contributed by atoms with Crippen LogP contribution in [0.4, 0.5) is 4.39 Å². The van der Waals surface area contributed by atoms with Gasteiger partial charge >= 0.3 is 0 Å². The Labute approximate surface area is 170 Å². The average molecular weight is 405 g/mol. The first kappa shape index (κ1) is 18.0. The standard InChI is InChI=1S/C21H16FN5O3/c1-12(24-21(28)14-4-7-17-18(8-14)30-11-29-17)20-25-19-9-16(23-10-27(19)26-20)13-2-5-15(22)6-3-13/h2-10,12H,11H2,1H3,(H,24,28)/t12-/m0/s1. The SMILES string of the molecule is C[C@H](NC(=O)c1ccc2c(c1)OCO2)c1nc2cc(-c3ccc(F)cc3)ncn2n1. The summed E-state index contributed by atoms with van der Waals surface area (Å²) < 4.78 is 25.3. The maximum Gasteiger partial charge on any atom is 0.252 e. The third-order valence-electron chi connectivity index (χ3n) is 4.76. The van der Waals surface area contributed by atoms with Crippen molar-refractivity contribution in [1.82, 2.24) is 24.9 Å². The Kier molecular flexibility index (Phi) is 4.27. The van der Waals surface area contributed by atoms with Gasteiger partial charge in [-0.25, -0.2) is 18.9 Å². The second-order valence-electron chi connectivity index (χ2n) is 6.82. The average Bonchev–Trinajstić information content (AvgIpc) is 3.40. The molecule has 30 heavy (non-hydrogen) atoms. The Morgan fingerprint density at radius 3 is 2.77 bits per heavy atom. The summed E-state index contributed by atoms with van der Waals surface area (Å²) in [5.74, 6) is 1.02. The normalized spacial score (nSPS) is 13.4. The highest BCUT2D eigenvalue weighted by molar-refractivity contribution is 5.95. The number of halogens is 1. The molecule has 0 bridgehead atoms. The van der Waals surface area contributed by atoms with E-state index >= 15 is 0 Å². The fourth-order valence-electron chi connectivity index (χ4n) is 3.16. The number of hydrogen-bond donors (Lipinski definition) is 1. The molecule has 0 aliphatic carbocycles. The van der Waals surface area contributed by atoms with Crippen LogP contribution in [0.1, 0.15) is 29.1 Å². The molecule has 1 atom stereocenters. The van der Waals surface area contributed by atoms with Gasteiger partial charge in [0.15, 0.2) is 23.0 Å². The molecular weight excluding hydrogens is 389 g/mol. The monoisotopic (exact) mass is 405 g/mol. The quantitative estimate of drug-likeness (QED) is 0.561. The van der Waals surface area contributed by atoms with Gasteiger partial charge in [-0.1, -0.05) is 0 Å². The zero-order valence-corrected chi connectivity index (χ0v) is 15.9. The van der Waals surface area contributed by atoms with E-state index < -0.39 is 6.04 Å². The minimum absolute atomic E-state index is 0.149. The minimum Gasteiger partial charge on any atom is -0.454 e. The van der Waals surface area contributed by atoms with Crippen LogP contribution in [0, 0.1) is 5.82 Å². The van der Waals surface area contributed by atoms with Crippen LogP contribution >= 0.6 is 0 Å². The highest BCUT2D eigenvalue weighted by Crippen LogP contribution is 2.32. The smallest absolute Gasteiger partial charge is 0.252 e. The Hall–Kier alpha value is -4.01. The molecule has 150 valence electrons. The third-order valence-corrected chi connectivity index (χ3v) is 4.76. The number of carbonyl (C=O) groups is 1. The van der Waals surface area contributed by atoms with Crippen molar-refractivity contribution < 1.29 is 18.7 Å². The fourth-order valence-corrected chi connectivity index (χ4v) is 3.16. The molecule has 0 unspecified atom stereocenters. The van der Waals surface area contributed by atoms with E-state index in [2.05, 4.69) is 20.4 Å². The van der Waals surface area contributed by atoms with Crippen molar-refractivity contribution in [1.29, 1.82) is 0 Å². The number of ether oxygens (including phenoxy) is 2. The molecule has 4 aromatic rings. The van der Waals surface area contributed by atoms with Gasteiger partial charge in [0.05, 0.1) is 11.7 Å². The minimum atomic E-state index is -0.433. The molecule has 9 heteroatoms. The summed E-state index contributed by atoms with van der Waals surface area (Å²) in [4.78, 5) is 21.4. The van der Waals surface area contributed by atoms with Gasteiger partial charge in [0.2, 0.25) is 6.79 Å². The van der Waals surface area contributed by atoms with E-state index in [1.807, 2.05) is 0 Å². The number of amides is 1. The summed E-state index contributed by atoms with van der Waals surface area (Å²) in [5.41, 5.74) is 2.45. The molecular formula is C21H16FN5O3. The maximum atomic E-state index is 13.1. The van der Waals surface area contributed by atoms with Crippen LogP contribution in [0.25, 0.3) is 16.9 Å². The van der Waals surface area contributed by atoms with E-state index in [4.69, 9.17) is 9.47 Å². The number of benzene rings is 2. The van der Waals surface area contributed by atoms with Crippen molar-refractivity contribution >= 4 is 11.6 Å². The van der Waals surface area contributed by atoms with E-state index in [1.54, 1.807) is 43.3 Å². The summed E-state index contributed by atoms with van der Waals surface area (Å²) in [6.07, 6.45) is 1.54. The molecule has 1 N–H and O–H groups in total. The number of nitrogens with zero attached hydrogens (tertiary/aromatic N) is 4. The van der Waals surface area contributed by atoms with Crippen LogP contribution < -0.4 is 14.8 Å². The van der Waals surface area contributed by atoms with Gasteiger partial charge in [0.1, 0.15) is 12.1 Å². The second kappa shape index (κ2) is 7.11. The molecule has 1 aliphatic heterocycles. The van der Waals surface area contributed by atoms with Gasteiger partial charge in [-0.3, -0.25) is 4.79 Å². The summed E-state index contributed by atoms with van der Waals surface area (Å²) in [7, 11) is 0. The van der Waals surface area contributed by atoms with E-state index in [0.29, 0.717) is 34.2 Å².